The van der Waals surface area contributed by atoms with E-state index in [1.807, 2.05) is 4.57 Å². The van der Waals surface area contributed by atoms with E-state index in [2.05, 4.69) is 0 Å². The molecule has 0 radical (unpaired) electrons. The average Bonchev–Trinajstić information content (AvgIpc) is 2.49. The Morgan fingerprint density at radius 2 is 1.38 bits per heavy atom. The van der Waals surface area contributed by atoms with Gasteiger partial charge in [0.1, 0.15) is 0 Å². The van der Waals surface area contributed by atoms with Crippen LogP contribution in [0.25, 0.3) is 0 Å². The Bertz CT molecular complexity index is 608. The van der Waals surface area contributed by atoms with Crippen molar-refractivity contribution in [2.45, 2.75) is 76.3 Å². The highest BCUT2D eigenvalue weighted by Gasteiger charge is 2.23. The number of rotatable bonds is 2. The number of nitrogens with zero attached hydrogens (tertiary/aromatic N) is 2. The zero-order valence-corrected chi connectivity index (χ0v) is 13.3. The van der Waals surface area contributed by atoms with Crippen LogP contribution < -0.4 is 5.56 Å². The van der Waals surface area contributed by atoms with Crippen LogP contribution in [0.15, 0.2) is 10.9 Å². The fourth-order valence-corrected chi connectivity index (χ4v) is 4.40. The molecule has 2 saturated carbocycles. The fraction of sp³-hybridized carbons (Fsp3) is 0.750. The van der Waals surface area contributed by atoms with Gasteiger partial charge in [-0.25, -0.2) is 0 Å². The number of hydrogen-bond donors (Lipinski definition) is 1. The SMILES string of the molecule is O=c1cc(O)n(C2CCCCC2)c(=S)n1C1CCCCC1. The monoisotopic (exact) mass is 308 g/mol. The van der Waals surface area contributed by atoms with E-state index in [1.54, 1.807) is 4.57 Å². The van der Waals surface area contributed by atoms with E-state index < -0.39 is 0 Å². The van der Waals surface area contributed by atoms with E-state index in [0.29, 0.717) is 4.77 Å². The lowest BCUT2D eigenvalue weighted by Crippen LogP contribution is -2.30. The lowest BCUT2D eigenvalue weighted by atomic mass is 9.94. The molecule has 1 aromatic heterocycles. The summed E-state index contributed by atoms with van der Waals surface area (Å²) in [5.74, 6) is 0.0453. The van der Waals surface area contributed by atoms with Crippen LogP contribution in [-0.4, -0.2) is 14.2 Å². The quantitative estimate of drug-likeness (QED) is 0.837. The van der Waals surface area contributed by atoms with Crippen molar-refractivity contribution in [3.8, 4) is 5.88 Å². The van der Waals surface area contributed by atoms with Gasteiger partial charge in [-0.1, -0.05) is 38.5 Å². The third-order valence-corrected chi connectivity index (χ3v) is 5.42. The summed E-state index contributed by atoms with van der Waals surface area (Å²) in [5, 5.41) is 10.2. The van der Waals surface area contributed by atoms with Gasteiger partial charge in [0.25, 0.3) is 5.56 Å². The van der Waals surface area contributed by atoms with Gasteiger partial charge in [-0.15, -0.1) is 0 Å². The minimum absolute atomic E-state index is 0.0453. The molecule has 2 aliphatic rings. The van der Waals surface area contributed by atoms with E-state index in [4.69, 9.17) is 12.2 Å². The molecule has 0 amide bonds. The van der Waals surface area contributed by atoms with Crippen LogP contribution in [0.5, 0.6) is 5.88 Å². The minimum atomic E-state index is -0.142. The lowest BCUT2D eigenvalue weighted by Gasteiger charge is -2.29. The first-order chi connectivity index (χ1) is 10.2. The Kier molecular flexibility index (Phi) is 4.48. The van der Waals surface area contributed by atoms with Crippen molar-refractivity contribution in [3.63, 3.8) is 0 Å². The van der Waals surface area contributed by atoms with Crippen molar-refractivity contribution >= 4 is 12.2 Å². The molecule has 0 aliphatic heterocycles. The molecular weight excluding hydrogens is 284 g/mol. The van der Waals surface area contributed by atoms with Crippen LogP contribution in [0.4, 0.5) is 0 Å². The Hall–Kier alpha value is -1.10. The molecule has 1 heterocycles. The molecule has 2 aliphatic carbocycles. The van der Waals surface area contributed by atoms with Crippen molar-refractivity contribution in [2.75, 3.05) is 0 Å². The summed E-state index contributed by atoms with van der Waals surface area (Å²) in [6.45, 7) is 0. The maximum atomic E-state index is 12.3. The van der Waals surface area contributed by atoms with E-state index in [0.717, 1.165) is 38.5 Å². The summed E-state index contributed by atoms with van der Waals surface area (Å²) in [6.07, 6.45) is 11.3. The van der Waals surface area contributed by atoms with E-state index >= 15 is 0 Å². The van der Waals surface area contributed by atoms with Gasteiger partial charge in [0.15, 0.2) is 10.7 Å². The van der Waals surface area contributed by atoms with E-state index in [-0.39, 0.29) is 23.5 Å². The number of aromatic nitrogens is 2. The van der Waals surface area contributed by atoms with E-state index in [1.165, 1.54) is 31.7 Å². The van der Waals surface area contributed by atoms with Crippen molar-refractivity contribution in [1.29, 1.82) is 0 Å². The highest BCUT2D eigenvalue weighted by molar-refractivity contribution is 7.71. The molecule has 4 nitrogen and oxygen atoms in total. The lowest BCUT2D eigenvalue weighted by molar-refractivity contribution is 0.278. The second-order valence-corrected chi connectivity index (χ2v) is 6.81. The molecule has 2 fully saturated rings. The van der Waals surface area contributed by atoms with Gasteiger partial charge in [0.2, 0.25) is 0 Å². The third-order valence-electron chi connectivity index (χ3n) is 5.03. The zero-order chi connectivity index (χ0) is 14.8. The molecule has 0 aromatic carbocycles. The van der Waals surface area contributed by atoms with Crippen LogP contribution in [0.2, 0.25) is 0 Å². The van der Waals surface area contributed by atoms with Crippen LogP contribution in [0.1, 0.15) is 76.3 Å². The van der Waals surface area contributed by atoms with E-state index in [9.17, 15) is 9.90 Å². The van der Waals surface area contributed by atoms with Gasteiger partial charge in [-0.05, 0) is 37.9 Å². The predicted octanol–water partition coefficient (Wildman–Crippen LogP) is 4.10. The molecule has 0 spiro atoms. The molecule has 0 saturated heterocycles. The summed E-state index contributed by atoms with van der Waals surface area (Å²) < 4.78 is 4.13. The first kappa shape index (κ1) is 14.8. The van der Waals surface area contributed by atoms with Gasteiger partial charge in [-0.2, -0.15) is 0 Å². The minimum Gasteiger partial charge on any atom is -0.494 e. The zero-order valence-electron chi connectivity index (χ0n) is 12.5. The number of hydrogen-bond acceptors (Lipinski definition) is 3. The number of aromatic hydroxyl groups is 1. The summed E-state index contributed by atoms with van der Waals surface area (Å²) in [7, 11) is 0. The van der Waals surface area contributed by atoms with Crippen molar-refractivity contribution in [1.82, 2.24) is 9.13 Å². The standard InChI is InChI=1S/C16H24N2O2S/c19-14-11-15(20)18(13-9-5-2-6-10-13)16(21)17(14)12-7-3-1-4-8-12/h11-13,19H,1-10H2. The normalized spacial score (nSPS) is 21.5. The molecule has 0 atom stereocenters. The maximum absolute atomic E-state index is 12.3. The highest BCUT2D eigenvalue weighted by Crippen LogP contribution is 2.33. The fourth-order valence-electron chi connectivity index (χ4n) is 3.92. The molecular formula is C16H24N2O2S. The van der Waals surface area contributed by atoms with Crippen LogP contribution in [0.3, 0.4) is 0 Å². The predicted molar refractivity (Wildman–Crippen MR) is 85.4 cm³/mol. The Balaban J connectivity index is 2.04. The van der Waals surface area contributed by atoms with Crippen LogP contribution >= 0.6 is 12.2 Å². The molecule has 21 heavy (non-hydrogen) atoms. The molecule has 1 aromatic rings. The van der Waals surface area contributed by atoms with Crippen molar-refractivity contribution in [3.05, 3.63) is 21.2 Å². The van der Waals surface area contributed by atoms with Crippen molar-refractivity contribution < 1.29 is 5.11 Å². The first-order valence-corrected chi connectivity index (χ1v) is 8.66. The van der Waals surface area contributed by atoms with Gasteiger partial charge in [0, 0.05) is 12.1 Å². The topological polar surface area (TPSA) is 47.2 Å². The summed E-state index contributed by atoms with van der Waals surface area (Å²) in [6, 6.07) is 1.83. The summed E-state index contributed by atoms with van der Waals surface area (Å²) in [4.78, 5) is 12.3. The maximum Gasteiger partial charge on any atom is 0.258 e. The molecule has 0 unspecified atom stereocenters. The Morgan fingerprint density at radius 1 is 0.905 bits per heavy atom. The molecule has 0 bridgehead atoms. The smallest absolute Gasteiger partial charge is 0.258 e. The van der Waals surface area contributed by atoms with Crippen LogP contribution in [0, 0.1) is 4.77 Å². The van der Waals surface area contributed by atoms with Crippen LogP contribution in [-0.2, 0) is 0 Å². The molecule has 1 N–H and O–H groups in total. The highest BCUT2D eigenvalue weighted by atomic mass is 32.1. The van der Waals surface area contributed by atoms with Gasteiger partial charge in [-0.3, -0.25) is 13.9 Å². The largest absolute Gasteiger partial charge is 0.494 e. The average molecular weight is 308 g/mol. The second-order valence-electron chi connectivity index (χ2n) is 6.45. The third kappa shape index (κ3) is 2.93. The Morgan fingerprint density at radius 3 is 1.90 bits per heavy atom. The molecule has 116 valence electrons. The summed E-state index contributed by atoms with van der Waals surface area (Å²) in [5.41, 5.74) is -0.142. The summed E-state index contributed by atoms with van der Waals surface area (Å²) >= 11 is 5.59. The second kappa shape index (κ2) is 6.34. The van der Waals surface area contributed by atoms with Gasteiger partial charge < -0.3 is 5.11 Å². The Labute approximate surface area is 130 Å². The van der Waals surface area contributed by atoms with Crippen molar-refractivity contribution in [2.24, 2.45) is 0 Å². The molecule has 3 rings (SSSR count). The first-order valence-electron chi connectivity index (χ1n) is 8.25. The van der Waals surface area contributed by atoms with Gasteiger partial charge in [0.05, 0.1) is 6.07 Å². The van der Waals surface area contributed by atoms with Gasteiger partial charge >= 0.3 is 0 Å². The molecule has 5 heteroatoms.